The lowest BCUT2D eigenvalue weighted by Gasteiger charge is -2.13. The average molecular weight is 207 g/mol. The monoisotopic (exact) mass is 207 g/mol. The number of ether oxygens (including phenoxy) is 1. The molecule has 82 valence electrons. The van der Waals surface area contributed by atoms with Gasteiger partial charge < -0.3 is 15.2 Å². The Kier molecular flexibility index (Phi) is 3.59. The summed E-state index contributed by atoms with van der Waals surface area (Å²) < 4.78 is 5.82. The van der Waals surface area contributed by atoms with Crippen LogP contribution in [-0.2, 0) is 6.42 Å². The van der Waals surface area contributed by atoms with Crippen LogP contribution >= 0.6 is 0 Å². The molecule has 1 saturated heterocycles. The number of benzene rings is 1. The second-order valence-electron chi connectivity index (χ2n) is 3.85. The van der Waals surface area contributed by atoms with Crippen molar-refractivity contribution >= 4 is 0 Å². The second kappa shape index (κ2) is 5.14. The molecule has 0 spiro atoms. The fourth-order valence-electron chi connectivity index (χ4n) is 1.82. The van der Waals surface area contributed by atoms with Crippen LogP contribution in [-0.4, -0.2) is 30.9 Å². The third kappa shape index (κ3) is 2.94. The Labute approximate surface area is 90.1 Å². The van der Waals surface area contributed by atoms with Crippen LogP contribution < -0.4 is 10.1 Å². The summed E-state index contributed by atoms with van der Waals surface area (Å²) in [5.74, 6) is 0.912. The van der Waals surface area contributed by atoms with Crippen LogP contribution in [0, 0.1) is 0 Å². The van der Waals surface area contributed by atoms with Gasteiger partial charge in [-0.25, -0.2) is 0 Å². The minimum Gasteiger partial charge on any atom is -0.489 e. The average Bonchev–Trinajstić information content (AvgIpc) is 2.71. The molecule has 1 aliphatic heterocycles. The molecule has 0 bridgehead atoms. The Morgan fingerprint density at radius 3 is 3.13 bits per heavy atom. The van der Waals surface area contributed by atoms with E-state index in [1.54, 1.807) is 0 Å². The van der Waals surface area contributed by atoms with Gasteiger partial charge in [0, 0.05) is 13.2 Å². The third-order valence-corrected chi connectivity index (χ3v) is 2.62. The van der Waals surface area contributed by atoms with Crippen molar-refractivity contribution in [2.75, 3.05) is 19.7 Å². The van der Waals surface area contributed by atoms with E-state index < -0.39 is 0 Å². The predicted octanol–water partition coefficient (Wildman–Crippen LogP) is 0.962. The number of nitrogens with one attached hydrogen (secondary N) is 1. The van der Waals surface area contributed by atoms with E-state index in [1.807, 2.05) is 24.3 Å². The van der Waals surface area contributed by atoms with Gasteiger partial charge in [-0.2, -0.15) is 0 Å². The number of hydrogen-bond acceptors (Lipinski definition) is 3. The van der Waals surface area contributed by atoms with Crippen LogP contribution in [0.25, 0.3) is 0 Å². The van der Waals surface area contributed by atoms with E-state index in [1.165, 1.54) is 0 Å². The van der Waals surface area contributed by atoms with Gasteiger partial charge in [-0.1, -0.05) is 12.1 Å². The molecule has 2 rings (SSSR count). The molecule has 3 nitrogen and oxygen atoms in total. The first-order valence-electron chi connectivity index (χ1n) is 5.45. The van der Waals surface area contributed by atoms with Gasteiger partial charge in [0.25, 0.3) is 0 Å². The van der Waals surface area contributed by atoms with Gasteiger partial charge >= 0.3 is 0 Å². The molecule has 0 aromatic heterocycles. The zero-order valence-corrected chi connectivity index (χ0v) is 8.78. The maximum atomic E-state index is 8.84. The van der Waals surface area contributed by atoms with E-state index in [9.17, 15) is 0 Å². The SMILES string of the molecule is OCCc1cccc(OC2CCNC2)c1. The fraction of sp³-hybridized carbons (Fsp3) is 0.500. The highest BCUT2D eigenvalue weighted by molar-refractivity contribution is 5.28. The zero-order chi connectivity index (χ0) is 10.5. The fourth-order valence-corrected chi connectivity index (χ4v) is 1.82. The predicted molar refractivity (Wildman–Crippen MR) is 59.1 cm³/mol. The van der Waals surface area contributed by atoms with E-state index in [2.05, 4.69) is 5.32 Å². The molecule has 0 amide bonds. The molecule has 2 N–H and O–H groups in total. The molecule has 1 aliphatic rings. The molecule has 1 unspecified atom stereocenters. The van der Waals surface area contributed by atoms with Crippen molar-refractivity contribution in [1.82, 2.24) is 5.32 Å². The summed E-state index contributed by atoms with van der Waals surface area (Å²) in [7, 11) is 0. The van der Waals surface area contributed by atoms with Crippen LogP contribution in [0.5, 0.6) is 5.75 Å². The van der Waals surface area contributed by atoms with Gasteiger partial charge in [-0.05, 0) is 37.1 Å². The molecule has 0 radical (unpaired) electrons. The van der Waals surface area contributed by atoms with E-state index in [0.717, 1.165) is 30.8 Å². The first kappa shape index (κ1) is 10.5. The smallest absolute Gasteiger partial charge is 0.120 e. The van der Waals surface area contributed by atoms with Crippen LogP contribution in [0.4, 0.5) is 0 Å². The molecule has 1 aromatic rings. The molecule has 3 heteroatoms. The maximum absolute atomic E-state index is 8.84. The van der Waals surface area contributed by atoms with E-state index >= 15 is 0 Å². The van der Waals surface area contributed by atoms with Crippen molar-refractivity contribution in [3.05, 3.63) is 29.8 Å². The molecular formula is C12H17NO2. The van der Waals surface area contributed by atoms with Crippen molar-refractivity contribution in [2.24, 2.45) is 0 Å². The number of aliphatic hydroxyl groups is 1. The lowest BCUT2D eigenvalue weighted by Crippen LogP contribution is -2.19. The summed E-state index contributed by atoms with van der Waals surface area (Å²) in [4.78, 5) is 0. The Morgan fingerprint density at radius 1 is 1.47 bits per heavy atom. The van der Waals surface area contributed by atoms with Crippen molar-refractivity contribution in [3.8, 4) is 5.75 Å². The Morgan fingerprint density at radius 2 is 2.40 bits per heavy atom. The van der Waals surface area contributed by atoms with E-state index in [0.29, 0.717) is 12.5 Å². The van der Waals surface area contributed by atoms with Gasteiger partial charge in [0.1, 0.15) is 11.9 Å². The molecule has 1 atom stereocenters. The topological polar surface area (TPSA) is 41.5 Å². The summed E-state index contributed by atoms with van der Waals surface area (Å²) in [6.07, 6.45) is 2.07. The van der Waals surface area contributed by atoms with Crippen LogP contribution in [0.3, 0.4) is 0 Å². The Hall–Kier alpha value is -1.06. The highest BCUT2D eigenvalue weighted by Gasteiger charge is 2.15. The summed E-state index contributed by atoms with van der Waals surface area (Å²) in [5.41, 5.74) is 1.13. The highest BCUT2D eigenvalue weighted by Crippen LogP contribution is 2.17. The minimum atomic E-state index is 0.189. The van der Waals surface area contributed by atoms with Crippen molar-refractivity contribution in [1.29, 1.82) is 0 Å². The standard InChI is InChI=1S/C12H17NO2/c14-7-5-10-2-1-3-11(8-10)15-12-4-6-13-9-12/h1-3,8,12-14H,4-7,9H2. The zero-order valence-electron chi connectivity index (χ0n) is 8.78. The van der Waals surface area contributed by atoms with Crippen LogP contribution in [0.2, 0.25) is 0 Å². The highest BCUT2D eigenvalue weighted by atomic mass is 16.5. The summed E-state index contributed by atoms with van der Waals surface area (Å²) >= 11 is 0. The summed E-state index contributed by atoms with van der Waals surface area (Å²) in [5, 5.41) is 12.1. The Balaban J connectivity index is 1.97. The molecular weight excluding hydrogens is 190 g/mol. The number of hydrogen-bond donors (Lipinski definition) is 2. The van der Waals surface area contributed by atoms with Crippen molar-refractivity contribution in [2.45, 2.75) is 18.9 Å². The second-order valence-corrected chi connectivity index (χ2v) is 3.85. The van der Waals surface area contributed by atoms with Gasteiger partial charge in [-0.15, -0.1) is 0 Å². The van der Waals surface area contributed by atoms with Crippen LogP contribution in [0.15, 0.2) is 24.3 Å². The summed E-state index contributed by atoms with van der Waals surface area (Å²) in [6, 6.07) is 7.96. The molecule has 0 saturated carbocycles. The molecule has 15 heavy (non-hydrogen) atoms. The number of aliphatic hydroxyl groups excluding tert-OH is 1. The first-order valence-corrected chi connectivity index (χ1v) is 5.45. The Bertz CT molecular complexity index is 308. The largest absolute Gasteiger partial charge is 0.489 e. The molecule has 1 aromatic carbocycles. The minimum absolute atomic E-state index is 0.189. The normalized spacial score (nSPS) is 20.5. The molecule has 1 fully saturated rings. The maximum Gasteiger partial charge on any atom is 0.120 e. The summed E-state index contributed by atoms with van der Waals surface area (Å²) in [6.45, 7) is 2.17. The van der Waals surface area contributed by atoms with E-state index in [4.69, 9.17) is 9.84 Å². The quantitative estimate of drug-likeness (QED) is 0.772. The first-order chi connectivity index (χ1) is 7.38. The van der Waals surface area contributed by atoms with Gasteiger partial charge in [-0.3, -0.25) is 0 Å². The lowest BCUT2D eigenvalue weighted by atomic mass is 10.1. The van der Waals surface area contributed by atoms with Gasteiger partial charge in [0.15, 0.2) is 0 Å². The van der Waals surface area contributed by atoms with Gasteiger partial charge in [0.05, 0.1) is 0 Å². The lowest BCUT2D eigenvalue weighted by molar-refractivity contribution is 0.222. The van der Waals surface area contributed by atoms with Crippen molar-refractivity contribution in [3.63, 3.8) is 0 Å². The third-order valence-electron chi connectivity index (χ3n) is 2.62. The van der Waals surface area contributed by atoms with Crippen molar-refractivity contribution < 1.29 is 9.84 Å². The van der Waals surface area contributed by atoms with E-state index in [-0.39, 0.29) is 6.61 Å². The van der Waals surface area contributed by atoms with Crippen LogP contribution in [0.1, 0.15) is 12.0 Å². The number of rotatable bonds is 4. The van der Waals surface area contributed by atoms with Gasteiger partial charge in [0.2, 0.25) is 0 Å². The molecule has 0 aliphatic carbocycles. The molecule has 1 heterocycles.